The Bertz CT molecular complexity index is 1200. The zero-order valence-electron chi connectivity index (χ0n) is 20.4. The first kappa shape index (κ1) is 22.0. The minimum absolute atomic E-state index is 0.00378. The Morgan fingerprint density at radius 3 is 2.80 bits per heavy atom. The first-order chi connectivity index (χ1) is 17.3. The number of ether oxygens (including phenoxy) is 1. The summed E-state index contributed by atoms with van der Waals surface area (Å²) in [6.07, 6.45) is 2.37. The van der Waals surface area contributed by atoms with E-state index in [9.17, 15) is 18.8 Å². The predicted molar refractivity (Wildman–Crippen MR) is 127 cm³/mol. The summed E-state index contributed by atoms with van der Waals surface area (Å²) in [6, 6.07) is 7.96. The van der Waals surface area contributed by atoms with E-state index < -0.39 is 23.7 Å². The Morgan fingerprint density at radius 1 is 1.17 bits per heavy atom. The van der Waals surface area contributed by atoms with Gasteiger partial charge in [-0.1, -0.05) is 6.07 Å². The number of hydrogen-bond acceptors (Lipinski definition) is 6. The Labute approximate surface area is 204 Å². The van der Waals surface area contributed by atoms with Crippen LogP contribution < -0.4 is 15.4 Å². The van der Waals surface area contributed by atoms with Crippen molar-refractivity contribution in [2.75, 3.05) is 31.6 Å². The van der Waals surface area contributed by atoms with Crippen molar-refractivity contribution in [1.29, 1.82) is 0 Å². The molecule has 2 N–H and O–H groups in total. The van der Waals surface area contributed by atoms with Gasteiger partial charge in [0.25, 0.3) is 5.91 Å². The fourth-order valence-electron chi connectivity index (χ4n) is 4.85. The molecule has 5 rings (SSSR count). The molecule has 1 unspecified atom stereocenters. The van der Waals surface area contributed by atoms with Crippen LogP contribution in [0.15, 0.2) is 36.4 Å². The molecule has 0 radical (unpaired) electrons. The van der Waals surface area contributed by atoms with Gasteiger partial charge in [-0.3, -0.25) is 24.6 Å². The van der Waals surface area contributed by atoms with E-state index in [2.05, 4.69) is 15.5 Å². The summed E-state index contributed by atoms with van der Waals surface area (Å²) in [5.74, 6) is -1.45. The minimum Gasteiger partial charge on any atom is -0.492 e. The first-order valence-electron chi connectivity index (χ1n) is 12.5. The first-order valence-corrected chi connectivity index (χ1v) is 12.0. The fraction of sp³-hybridized carbons (Fsp3) is 0.423. The average Bonchev–Trinajstić information content (AvgIpc) is 3.50. The Kier molecular flexibility index (Phi) is 6.32. The molecule has 0 bridgehead atoms. The molecule has 3 aliphatic rings. The molecule has 0 spiro atoms. The quantitative estimate of drug-likeness (QED) is 0.564. The van der Waals surface area contributed by atoms with Crippen LogP contribution in [-0.2, 0) is 22.7 Å². The van der Waals surface area contributed by atoms with Crippen LogP contribution in [0, 0.1) is 5.82 Å². The van der Waals surface area contributed by atoms with Gasteiger partial charge in [-0.2, -0.15) is 0 Å². The lowest BCUT2D eigenvalue weighted by molar-refractivity contribution is -0.136. The number of carbonyl (C=O) groups is 3. The molecule has 3 heterocycles. The molecule has 2 aromatic carbocycles. The second-order valence-corrected chi connectivity index (χ2v) is 9.05. The van der Waals surface area contributed by atoms with Crippen LogP contribution in [0.5, 0.6) is 5.75 Å². The molecule has 2 aromatic rings. The number of rotatable bonds is 8. The van der Waals surface area contributed by atoms with Crippen molar-refractivity contribution in [3.63, 3.8) is 0 Å². The maximum absolute atomic E-state index is 14.5. The molecule has 0 saturated carbocycles. The highest BCUT2D eigenvalue weighted by atomic mass is 19.1. The molecular formula is C26H29FN4O4. The molecule has 1 atom stereocenters. The van der Waals surface area contributed by atoms with Gasteiger partial charge in [-0.05, 0) is 62.7 Å². The van der Waals surface area contributed by atoms with Crippen molar-refractivity contribution in [3.05, 3.63) is 58.9 Å². The molecule has 35 heavy (non-hydrogen) atoms. The van der Waals surface area contributed by atoms with Crippen molar-refractivity contribution < 1.29 is 24.9 Å². The molecule has 9 heteroatoms. The van der Waals surface area contributed by atoms with Gasteiger partial charge in [-0.25, -0.2) is 4.39 Å². The number of anilines is 1. The smallest absolute Gasteiger partial charge is 0.255 e. The van der Waals surface area contributed by atoms with Gasteiger partial charge in [-0.15, -0.1) is 0 Å². The van der Waals surface area contributed by atoms with E-state index in [-0.39, 0.29) is 31.7 Å². The summed E-state index contributed by atoms with van der Waals surface area (Å²) < 4.78 is 29.0. The monoisotopic (exact) mass is 481 g/mol. The lowest BCUT2D eigenvalue weighted by Gasteiger charge is -2.29. The lowest BCUT2D eigenvalue weighted by Crippen LogP contribution is -2.52. The van der Waals surface area contributed by atoms with Gasteiger partial charge < -0.3 is 15.0 Å². The summed E-state index contributed by atoms with van der Waals surface area (Å²) in [5, 5.41) is 5.37. The summed E-state index contributed by atoms with van der Waals surface area (Å²) in [7, 11) is 0. The Balaban J connectivity index is 1.27. The minimum atomic E-state index is -1.85. The number of hydrogen-bond donors (Lipinski definition) is 2. The van der Waals surface area contributed by atoms with Crippen molar-refractivity contribution in [3.8, 4) is 5.75 Å². The van der Waals surface area contributed by atoms with E-state index in [1.165, 1.54) is 23.8 Å². The normalized spacial score (nSPS) is 22.7. The third-order valence-corrected chi connectivity index (χ3v) is 6.76. The van der Waals surface area contributed by atoms with E-state index in [0.717, 1.165) is 19.6 Å². The van der Waals surface area contributed by atoms with Crippen molar-refractivity contribution in [1.82, 2.24) is 15.1 Å². The van der Waals surface area contributed by atoms with Gasteiger partial charge in [0.05, 0.1) is 1.37 Å². The molecule has 2 fully saturated rings. The molecule has 3 aliphatic heterocycles. The van der Waals surface area contributed by atoms with Crippen molar-refractivity contribution in [2.45, 2.75) is 44.8 Å². The highest BCUT2D eigenvalue weighted by Crippen LogP contribution is 2.32. The largest absolute Gasteiger partial charge is 0.492 e. The van der Waals surface area contributed by atoms with Gasteiger partial charge in [0, 0.05) is 48.4 Å². The summed E-state index contributed by atoms with van der Waals surface area (Å²) in [5.41, 5.74) is 2.07. The maximum atomic E-state index is 14.5. The number of amides is 3. The van der Waals surface area contributed by atoms with E-state index in [1.807, 2.05) is 0 Å². The summed E-state index contributed by atoms with van der Waals surface area (Å²) in [6.45, 7) is 3.78. The van der Waals surface area contributed by atoms with Crippen LogP contribution in [0.2, 0.25) is 0 Å². The zero-order chi connectivity index (χ0) is 25.3. The number of imide groups is 1. The van der Waals surface area contributed by atoms with Crippen LogP contribution in [-0.4, -0.2) is 59.8 Å². The van der Waals surface area contributed by atoms with Gasteiger partial charge in [0.15, 0.2) is 0 Å². The average molecular weight is 482 g/mol. The predicted octanol–water partition coefficient (Wildman–Crippen LogP) is 2.67. The maximum Gasteiger partial charge on any atom is 0.255 e. The molecule has 3 amide bonds. The van der Waals surface area contributed by atoms with Crippen LogP contribution in [0.4, 0.5) is 10.1 Å². The molecular weight excluding hydrogens is 451 g/mol. The number of benzene rings is 2. The van der Waals surface area contributed by atoms with Crippen molar-refractivity contribution >= 4 is 23.4 Å². The summed E-state index contributed by atoms with van der Waals surface area (Å²) in [4.78, 5) is 40.6. The molecule has 184 valence electrons. The highest BCUT2D eigenvalue weighted by molar-refractivity contribution is 6.06. The summed E-state index contributed by atoms with van der Waals surface area (Å²) >= 11 is 0. The third-order valence-electron chi connectivity index (χ3n) is 6.76. The number of piperidine rings is 1. The topological polar surface area (TPSA) is 91.0 Å². The molecule has 2 saturated heterocycles. The van der Waals surface area contributed by atoms with E-state index in [0.29, 0.717) is 34.7 Å². The molecule has 8 nitrogen and oxygen atoms in total. The number of carbonyl (C=O) groups excluding carboxylic acids is 3. The second-order valence-electron chi connectivity index (χ2n) is 9.05. The molecule has 0 aromatic heterocycles. The van der Waals surface area contributed by atoms with Crippen LogP contribution in [0.1, 0.15) is 48.5 Å². The third kappa shape index (κ3) is 5.00. The van der Waals surface area contributed by atoms with Gasteiger partial charge in [0.2, 0.25) is 11.8 Å². The lowest BCUT2D eigenvalue weighted by atomic mass is 10.0. The Morgan fingerprint density at radius 2 is 2.00 bits per heavy atom. The second kappa shape index (κ2) is 10.0. The van der Waals surface area contributed by atoms with E-state index in [1.54, 1.807) is 30.3 Å². The SMILES string of the molecule is [2H]C1(N2Cc3c(NCc4cc(OCCN5CCCC5)ccc4F)cccc3C2=O)CCC(=O)NC1=O. The molecule has 0 aliphatic carbocycles. The Hall–Kier alpha value is -3.46. The number of likely N-dealkylation sites (tertiary alicyclic amines) is 1. The van der Waals surface area contributed by atoms with Crippen LogP contribution >= 0.6 is 0 Å². The van der Waals surface area contributed by atoms with Crippen LogP contribution in [0.25, 0.3) is 0 Å². The number of nitrogens with zero attached hydrogens (tertiary/aromatic N) is 2. The number of fused-ring (bicyclic) bond motifs is 1. The zero-order valence-corrected chi connectivity index (χ0v) is 19.4. The number of halogens is 1. The van der Waals surface area contributed by atoms with Crippen molar-refractivity contribution in [2.24, 2.45) is 0 Å². The van der Waals surface area contributed by atoms with E-state index in [4.69, 9.17) is 6.11 Å². The standard InChI is InChI=1S/C26H29FN4O4/c27-21-7-6-18(35-13-12-30-10-1-2-11-30)14-17(21)15-28-22-5-3-4-19-20(22)16-31(26(19)34)23-8-9-24(32)29-25(23)33/h3-7,14,23,28H,1-2,8-13,15-16H2,(H,29,32,33)/i23D. The highest BCUT2D eigenvalue weighted by Gasteiger charge is 2.39. The van der Waals surface area contributed by atoms with Gasteiger partial charge >= 0.3 is 0 Å². The van der Waals surface area contributed by atoms with Crippen LogP contribution in [0.3, 0.4) is 0 Å². The van der Waals surface area contributed by atoms with Gasteiger partial charge in [0.1, 0.15) is 24.2 Å². The fourth-order valence-corrected chi connectivity index (χ4v) is 4.85. The van der Waals surface area contributed by atoms with E-state index >= 15 is 0 Å². The number of nitrogens with one attached hydrogen (secondary N) is 2.